The number of amidine groups is 1. The number of hydrogen-bond acceptors (Lipinski definition) is 4. The molecular weight excluding hydrogens is 637 g/mol. The van der Waals surface area contributed by atoms with Crippen LogP contribution in [0.4, 0.5) is 5.69 Å². The molecule has 8 aromatic rings. The fraction of sp³-hybridized carbons (Fsp3) is 0.0652. The van der Waals surface area contributed by atoms with Crippen LogP contribution < -0.4 is 4.90 Å². The monoisotopic (exact) mass is 672 g/mol. The Morgan fingerprint density at radius 1 is 0.500 bits per heavy atom. The zero-order valence-corrected chi connectivity index (χ0v) is 28.8. The summed E-state index contributed by atoms with van der Waals surface area (Å²) < 4.78 is 4.51. The molecule has 0 amide bonds. The Morgan fingerprint density at radius 2 is 0.962 bits per heavy atom. The first-order valence-electron chi connectivity index (χ1n) is 17.7. The summed E-state index contributed by atoms with van der Waals surface area (Å²) in [6.45, 7) is 2.79. The molecule has 0 N–H and O–H groups in total. The van der Waals surface area contributed by atoms with Crippen molar-refractivity contribution in [2.45, 2.75) is 13.0 Å². The van der Waals surface area contributed by atoms with Gasteiger partial charge in [0.15, 0.2) is 0 Å². The summed E-state index contributed by atoms with van der Waals surface area (Å²) in [6, 6.07) is 54.8. The van der Waals surface area contributed by atoms with E-state index in [2.05, 4.69) is 179 Å². The number of nitrogens with zero attached hydrogens (tertiary/aromatic N) is 6. The minimum absolute atomic E-state index is 0.0566. The van der Waals surface area contributed by atoms with Crippen LogP contribution in [0.2, 0.25) is 0 Å². The smallest absolute Gasteiger partial charge is 0.145 e. The largest absolute Gasteiger partial charge is 0.322 e. The molecule has 0 aliphatic carbocycles. The van der Waals surface area contributed by atoms with Gasteiger partial charge in [-0.15, -0.1) is 0 Å². The van der Waals surface area contributed by atoms with Gasteiger partial charge in [-0.2, -0.15) is 0 Å². The lowest BCUT2D eigenvalue weighted by Crippen LogP contribution is -2.33. The fourth-order valence-electron chi connectivity index (χ4n) is 7.06. The Morgan fingerprint density at radius 3 is 1.50 bits per heavy atom. The van der Waals surface area contributed by atoms with E-state index >= 15 is 0 Å². The molecule has 0 radical (unpaired) electrons. The molecule has 0 spiro atoms. The van der Waals surface area contributed by atoms with E-state index in [1.807, 2.05) is 24.3 Å². The number of fused-ring (bicyclic) bond motifs is 2. The summed E-state index contributed by atoms with van der Waals surface area (Å²) in [5.74, 6) is 2.57. The van der Waals surface area contributed by atoms with Gasteiger partial charge < -0.3 is 4.90 Å². The van der Waals surface area contributed by atoms with Crippen LogP contribution >= 0.6 is 0 Å². The maximum atomic E-state index is 5.40. The molecule has 2 aromatic heterocycles. The Balaban J connectivity index is 1.36. The van der Waals surface area contributed by atoms with Crippen LogP contribution in [0.1, 0.15) is 12.5 Å². The zero-order chi connectivity index (χ0) is 34.9. The van der Waals surface area contributed by atoms with Crippen LogP contribution in [0.5, 0.6) is 0 Å². The van der Waals surface area contributed by atoms with Gasteiger partial charge in [0.25, 0.3) is 0 Å². The second kappa shape index (κ2) is 13.5. The van der Waals surface area contributed by atoms with Crippen molar-refractivity contribution in [3.8, 4) is 34.2 Å². The molecule has 6 heteroatoms. The van der Waals surface area contributed by atoms with Crippen molar-refractivity contribution < 1.29 is 0 Å². The lowest BCUT2D eigenvalue weighted by molar-refractivity contribution is 0.916. The van der Waals surface area contributed by atoms with E-state index < -0.39 is 0 Å². The van der Waals surface area contributed by atoms with Crippen molar-refractivity contribution in [3.63, 3.8) is 0 Å². The van der Waals surface area contributed by atoms with E-state index in [1.54, 1.807) is 0 Å². The molecular formula is C46H36N6. The molecule has 250 valence electrons. The van der Waals surface area contributed by atoms with E-state index in [0.717, 1.165) is 73.3 Å². The summed E-state index contributed by atoms with van der Waals surface area (Å²) in [5, 5.41) is 0. The molecule has 9 rings (SSSR count). The van der Waals surface area contributed by atoms with Gasteiger partial charge in [0.1, 0.15) is 17.5 Å². The third-order valence-electron chi connectivity index (χ3n) is 9.43. The molecule has 6 nitrogen and oxygen atoms in total. The summed E-state index contributed by atoms with van der Waals surface area (Å²) in [6.07, 6.45) is 8.52. The Labute approximate surface area is 303 Å². The van der Waals surface area contributed by atoms with Crippen molar-refractivity contribution in [1.29, 1.82) is 0 Å². The van der Waals surface area contributed by atoms with Crippen molar-refractivity contribution >= 4 is 33.6 Å². The number of imidazole rings is 2. The third kappa shape index (κ3) is 5.80. The number of anilines is 1. The number of hydrogen-bond donors (Lipinski definition) is 0. The summed E-state index contributed by atoms with van der Waals surface area (Å²) in [5.41, 5.74) is 10.0. The van der Waals surface area contributed by atoms with Crippen LogP contribution in [0.15, 0.2) is 187 Å². The molecule has 0 saturated carbocycles. The van der Waals surface area contributed by atoms with Gasteiger partial charge >= 0.3 is 0 Å². The average molecular weight is 673 g/mol. The Bertz CT molecular complexity index is 2480. The average Bonchev–Trinajstić information content (AvgIpc) is 3.81. The highest BCUT2D eigenvalue weighted by Gasteiger charge is 2.23. The van der Waals surface area contributed by atoms with Gasteiger partial charge in [-0.1, -0.05) is 103 Å². The molecule has 6 aromatic carbocycles. The number of benzene rings is 6. The van der Waals surface area contributed by atoms with Crippen molar-refractivity contribution in [2.24, 2.45) is 4.99 Å². The normalized spacial score (nSPS) is 15.9. The maximum Gasteiger partial charge on any atom is 0.145 e. The van der Waals surface area contributed by atoms with E-state index in [9.17, 15) is 0 Å². The first kappa shape index (κ1) is 31.2. The highest BCUT2D eigenvalue weighted by molar-refractivity contribution is 6.11. The number of aromatic nitrogens is 4. The summed E-state index contributed by atoms with van der Waals surface area (Å²) in [4.78, 5) is 18.3. The predicted octanol–water partition coefficient (Wildman–Crippen LogP) is 10.5. The van der Waals surface area contributed by atoms with Crippen LogP contribution in [0, 0.1) is 0 Å². The van der Waals surface area contributed by atoms with E-state index in [0.29, 0.717) is 6.54 Å². The second-order valence-electron chi connectivity index (χ2n) is 12.9. The summed E-state index contributed by atoms with van der Waals surface area (Å²) in [7, 11) is 0. The highest BCUT2D eigenvalue weighted by Crippen LogP contribution is 2.36. The molecule has 0 fully saturated rings. The van der Waals surface area contributed by atoms with Gasteiger partial charge in [-0.05, 0) is 85.8 Å². The third-order valence-corrected chi connectivity index (χ3v) is 9.43. The topological polar surface area (TPSA) is 51.2 Å². The standard InChI is InChI=1S/C46H36N6/c1-33-18-6-5-17-29-50(37-19-7-2-8-20-37)44(47-33)34-30-35(45-48-40-25-13-15-27-42(40)51(45)38-21-9-3-10-22-38)32-36(31-34)46-49-41-26-14-16-28-43(41)52(46)39-23-11-4-12-24-39/h2-28,30-33H,29H2,1H3/b17-5-,18-6-,47-44?. The van der Waals surface area contributed by atoms with Crippen LogP contribution in [-0.2, 0) is 0 Å². The molecule has 52 heavy (non-hydrogen) atoms. The molecule has 0 bridgehead atoms. The Hall–Kier alpha value is -6.79. The molecule has 3 heterocycles. The van der Waals surface area contributed by atoms with E-state index in [4.69, 9.17) is 15.0 Å². The number of rotatable bonds is 6. The van der Waals surface area contributed by atoms with Gasteiger partial charge in [0, 0.05) is 40.3 Å². The highest BCUT2D eigenvalue weighted by atomic mass is 15.2. The zero-order valence-electron chi connectivity index (χ0n) is 28.8. The van der Waals surface area contributed by atoms with Crippen LogP contribution in [0.25, 0.3) is 56.2 Å². The van der Waals surface area contributed by atoms with E-state index in [1.165, 1.54) is 0 Å². The maximum absolute atomic E-state index is 5.40. The lowest BCUT2D eigenvalue weighted by atomic mass is 10.0. The van der Waals surface area contributed by atoms with Gasteiger partial charge in [0.05, 0.1) is 28.1 Å². The van der Waals surface area contributed by atoms with Gasteiger partial charge in [0.2, 0.25) is 0 Å². The minimum Gasteiger partial charge on any atom is -0.322 e. The van der Waals surface area contributed by atoms with Gasteiger partial charge in [-0.25, -0.2) is 9.97 Å². The predicted molar refractivity (Wildman–Crippen MR) is 215 cm³/mol. The number of allylic oxidation sites excluding steroid dienone is 2. The van der Waals surface area contributed by atoms with Crippen molar-refractivity contribution in [3.05, 3.63) is 188 Å². The van der Waals surface area contributed by atoms with Gasteiger partial charge in [-0.3, -0.25) is 14.1 Å². The van der Waals surface area contributed by atoms with Crippen molar-refractivity contribution in [1.82, 2.24) is 19.1 Å². The summed E-state index contributed by atoms with van der Waals surface area (Å²) >= 11 is 0. The number of para-hydroxylation sites is 7. The molecule has 1 aliphatic heterocycles. The first-order valence-corrected chi connectivity index (χ1v) is 17.7. The van der Waals surface area contributed by atoms with Crippen LogP contribution in [-0.4, -0.2) is 37.5 Å². The quantitative estimate of drug-likeness (QED) is 0.177. The van der Waals surface area contributed by atoms with Crippen molar-refractivity contribution in [2.75, 3.05) is 11.4 Å². The van der Waals surface area contributed by atoms with Crippen LogP contribution in [0.3, 0.4) is 0 Å². The molecule has 1 aliphatic rings. The fourth-order valence-corrected chi connectivity index (χ4v) is 7.06. The SMILES string of the molecule is CC1/C=C\C=C/CN(c2ccccc2)C(c2cc(-c3nc4ccccc4n3-c3ccccc3)cc(-c3nc4ccccc4n3-c3ccccc3)c2)=N1. The number of aliphatic imine (C=N–C) groups is 1. The first-order chi connectivity index (χ1) is 25.7. The molecule has 1 unspecified atom stereocenters. The van der Waals surface area contributed by atoms with E-state index in [-0.39, 0.29) is 6.04 Å². The minimum atomic E-state index is -0.0566. The molecule has 1 atom stereocenters. The molecule has 0 saturated heterocycles. The lowest BCUT2D eigenvalue weighted by Gasteiger charge is -2.27. The second-order valence-corrected chi connectivity index (χ2v) is 12.9. The Kier molecular flexibility index (Phi) is 8.10.